The molecule has 1 atom stereocenters. The minimum atomic E-state index is -4.06. The number of rotatable bonds is 7. The minimum absolute atomic E-state index is 0.105. The van der Waals surface area contributed by atoms with E-state index >= 15 is 0 Å². The molecule has 0 aliphatic rings. The Kier molecular flexibility index (Phi) is 6.63. The highest BCUT2D eigenvalue weighted by Crippen LogP contribution is 2.22. The van der Waals surface area contributed by atoms with Gasteiger partial charge in [-0.3, -0.25) is 13.7 Å². The third kappa shape index (κ3) is 5.86. The lowest BCUT2D eigenvalue weighted by atomic mass is 10.2. The zero-order valence-corrected chi connectivity index (χ0v) is 15.4. The normalized spacial score (nSPS) is 12.1. The van der Waals surface area contributed by atoms with Gasteiger partial charge in [0.05, 0.1) is 27.4 Å². The first kappa shape index (κ1) is 20.5. The van der Waals surface area contributed by atoms with Gasteiger partial charge < -0.3 is 14.7 Å². The Morgan fingerprint density at radius 2 is 1.70 bits per heavy atom. The molecule has 0 spiro atoms. The average molecular weight is 412 g/mol. The molecule has 0 saturated heterocycles. The summed E-state index contributed by atoms with van der Waals surface area (Å²) in [6.07, 6.45) is 0. The van der Waals surface area contributed by atoms with Gasteiger partial charge in [0, 0.05) is 12.6 Å². The van der Waals surface area contributed by atoms with Gasteiger partial charge in [-0.2, -0.15) is 0 Å². The molecule has 27 heavy (non-hydrogen) atoms. The molecule has 1 unspecified atom stereocenters. The predicted octanol–water partition coefficient (Wildman–Crippen LogP) is 0.901. The van der Waals surface area contributed by atoms with E-state index in [1.54, 1.807) is 0 Å². The number of carbonyl (C=O) groups excluding carboxylic acids is 2. The van der Waals surface area contributed by atoms with Gasteiger partial charge in [0.2, 0.25) is 5.91 Å². The fraction of sp³-hybridized carbons (Fsp3) is 0.0667. The molecule has 2 aromatic rings. The van der Waals surface area contributed by atoms with Crippen molar-refractivity contribution in [1.29, 1.82) is 0 Å². The summed E-state index contributed by atoms with van der Waals surface area (Å²) >= 11 is -2.83. The first-order valence-corrected chi connectivity index (χ1v) is 9.80. The number of para-hydroxylation sites is 1. The van der Waals surface area contributed by atoms with Crippen LogP contribution in [0.4, 0.5) is 11.4 Å². The molecule has 0 aliphatic heterocycles. The second kappa shape index (κ2) is 8.73. The van der Waals surface area contributed by atoms with Crippen LogP contribution in [0.3, 0.4) is 0 Å². The van der Waals surface area contributed by atoms with Gasteiger partial charge in [-0.15, -0.1) is 0 Å². The molecule has 0 bridgehead atoms. The molecule has 1 amide bonds. The van der Waals surface area contributed by atoms with E-state index < -0.39 is 27.3 Å². The van der Waals surface area contributed by atoms with Crippen molar-refractivity contribution in [1.82, 2.24) is 4.89 Å². The number of anilines is 2. The van der Waals surface area contributed by atoms with Gasteiger partial charge in [-0.1, -0.05) is 17.0 Å². The zero-order valence-electron chi connectivity index (χ0n) is 13.8. The second-order valence-corrected chi connectivity index (χ2v) is 7.38. The number of carbonyl (C=O) groups is 2. The maximum absolute atomic E-state index is 12.5. The zero-order chi connectivity index (χ0) is 20.0. The Labute approximate surface area is 157 Å². The molecule has 0 aliphatic carbocycles. The van der Waals surface area contributed by atoms with Crippen molar-refractivity contribution in [3.8, 4) is 0 Å². The Balaban J connectivity index is 2.24. The van der Waals surface area contributed by atoms with E-state index in [1.165, 1.54) is 60.3 Å². The quantitative estimate of drug-likeness (QED) is 0.451. The van der Waals surface area contributed by atoms with Crippen molar-refractivity contribution in [3.63, 3.8) is 0 Å². The number of hydrogen-bond donors (Lipinski definition) is 3. The molecule has 2 aromatic carbocycles. The highest BCUT2D eigenvalue weighted by atomic mass is 32.2. The van der Waals surface area contributed by atoms with Gasteiger partial charge in [-0.05, 0) is 36.4 Å². The standard InChI is InChI=1S/C15H15N3O7S2/c1-10(19)16-11-6-8-12(9-7-11)27(23,24)17-14-5-3-2-4-13(14)15(20)25-18-26(21)22/h2-9,17-18H,1H3,(H,16,19)(H,21,22)/p-1. The molecule has 3 N–H and O–H groups in total. The first-order valence-electron chi connectivity index (χ1n) is 7.24. The Morgan fingerprint density at radius 3 is 2.30 bits per heavy atom. The number of sulfonamides is 1. The Bertz CT molecular complexity index is 975. The van der Waals surface area contributed by atoms with Crippen molar-refractivity contribution in [2.24, 2.45) is 0 Å². The van der Waals surface area contributed by atoms with Gasteiger partial charge in [0.25, 0.3) is 10.0 Å². The van der Waals surface area contributed by atoms with Crippen LogP contribution in [0.15, 0.2) is 53.4 Å². The van der Waals surface area contributed by atoms with E-state index in [1.807, 2.05) is 0 Å². The van der Waals surface area contributed by atoms with Crippen LogP contribution >= 0.6 is 0 Å². The molecule has 144 valence electrons. The average Bonchev–Trinajstić information content (AvgIpc) is 2.59. The second-order valence-electron chi connectivity index (χ2n) is 5.06. The molecule has 0 aromatic heterocycles. The van der Waals surface area contributed by atoms with E-state index in [0.29, 0.717) is 5.69 Å². The number of benzene rings is 2. The van der Waals surface area contributed by atoms with E-state index in [4.69, 9.17) is 0 Å². The van der Waals surface area contributed by atoms with E-state index in [-0.39, 0.29) is 22.1 Å². The van der Waals surface area contributed by atoms with E-state index in [0.717, 1.165) is 0 Å². The summed E-state index contributed by atoms with van der Waals surface area (Å²) in [6, 6.07) is 10.9. The third-order valence-electron chi connectivity index (χ3n) is 3.08. The van der Waals surface area contributed by atoms with Crippen LogP contribution in [0.5, 0.6) is 0 Å². The lowest BCUT2D eigenvalue weighted by molar-refractivity contribution is -0.114. The number of nitrogens with one attached hydrogen (secondary N) is 3. The lowest BCUT2D eigenvalue weighted by Crippen LogP contribution is -2.23. The molecule has 0 heterocycles. The summed E-state index contributed by atoms with van der Waals surface area (Å²) in [5.74, 6) is -1.40. The highest BCUT2D eigenvalue weighted by molar-refractivity contribution is 7.92. The van der Waals surface area contributed by atoms with Crippen LogP contribution in [0.2, 0.25) is 0 Å². The van der Waals surface area contributed by atoms with Gasteiger partial charge >= 0.3 is 5.97 Å². The smallest absolute Gasteiger partial charge is 0.359 e. The molecule has 12 heteroatoms. The SMILES string of the molecule is CC(=O)Nc1ccc(S(=O)(=O)Nc2ccccc2C(=O)ONS(=O)[O-])cc1. The van der Waals surface area contributed by atoms with Gasteiger partial charge in [0.1, 0.15) is 0 Å². The van der Waals surface area contributed by atoms with Crippen molar-refractivity contribution in [2.75, 3.05) is 10.0 Å². The fourth-order valence-corrected chi connectivity index (χ4v) is 3.22. The Hall–Kier alpha value is -2.80. The summed E-state index contributed by atoms with van der Waals surface area (Å²) in [5.41, 5.74) is 0.114. The van der Waals surface area contributed by atoms with Crippen molar-refractivity contribution in [3.05, 3.63) is 54.1 Å². The molecule has 10 nitrogen and oxygen atoms in total. The maximum atomic E-state index is 12.5. The minimum Gasteiger partial charge on any atom is -0.758 e. The molecule has 0 radical (unpaired) electrons. The summed E-state index contributed by atoms with van der Waals surface area (Å²) < 4.78 is 48.1. The van der Waals surface area contributed by atoms with Gasteiger partial charge in [-0.25, -0.2) is 13.2 Å². The van der Waals surface area contributed by atoms with Crippen molar-refractivity contribution >= 4 is 44.5 Å². The van der Waals surface area contributed by atoms with Crippen LogP contribution in [0, 0.1) is 0 Å². The van der Waals surface area contributed by atoms with Crippen molar-refractivity contribution in [2.45, 2.75) is 11.8 Å². The van der Waals surface area contributed by atoms with E-state index in [2.05, 4.69) is 14.9 Å². The van der Waals surface area contributed by atoms with Crippen LogP contribution < -0.4 is 14.9 Å². The maximum Gasteiger partial charge on any atom is 0.359 e. The van der Waals surface area contributed by atoms with Crippen LogP contribution in [-0.2, 0) is 30.9 Å². The van der Waals surface area contributed by atoms with Crippen molar-refractivity contribution < 1.29 is 31.6 Å². The monoisotopic (exact) mass is 412 g/mol. The fourth-order valence-electron chi connectivity index (χ4n) is 2.00. The molecule has 2 rings (SSSR count). The molecular formula is C15H14N3O7S2-. The first-order chi connectivity index (χ1) is 12.7. The molecular weight excluding hydrogens is 398 g/mol. The summed E-state index contributed by atoms with van der Waals surface area (Å²) in [7, 11) is -4.06. The predicted molar refractivity (Wildman–Crippen MR) is 95.5 cm³/mol. The largest absolute Gasteiger partial charge is 0.758 e. The van der Waals surface area contributed by atoms with Crippen LogP contribution in [0.1, 0.15) is 17.3 Å². The Morgan fingerprint density at radius 1 is 1.07 bits per heavy atom. The van der Waals surface area contributed by atoms with Crippen LogP contribution in [-0.4, -0.2) is 29.1 Å². The molecule has 0 fully saturated rings. The lowest BCUT2D eigenvalue weighted by Gasteiger charge is -2.13. The highest BCUT2D eigenvalue weighted by Gasteiger charge is 2.19. The topological polar surface area (TPSA) is 154 Å². The third-order valence-corrected chi connectivity index (χ3v) is 4.68. The summed E-state index contributed by atoms with van der Waals surface area (Å²) in [4.78, 5) is 28.6. The number of hydrogen-bond acceptors (Lipinski definition) is 7. The molecule has 0 saturated carbocycles. The summed E-state index contributed by atoms with van der Waals surface area (Å²) in [5, 5.41) is 2.51. The van der Waals surface area contributed by atoms with Gasteiger partial charge in [0.15, 0.2) is 0 Å². The van der Waals surface area contributed by atoms with Crippen LogP contribution in [0.25, 0.3) is 0 Å². The number of amides is 1. The summed E-state index contributed by atoms with van der Waals surface area (Å²) in [6.45, 7) is 1.32. The van der Waals surface area contributed by atoms with E-state index in [9.17, 15) is 26.8 Å².